The number of aryl methyl sites for hydroxylation is 2. The van der Waals surface area contributed by atoms with Gasteiger partial charge in [0.2, 0.25) is 0 Å². The van der Waals surface area contributed by atoms with Gasteiger partial charge in [-0.25, -0.2) is 4.79 Å². The van der Waals surface area contributed by atoms with Gasteiger partial charge in [-0.2, -0.15) is 5.10 Å². The number of nitrogens with one attached hydrogen (secondary N) is 1. The smallest absolute Gasteiger partial charge is 0.327 e. The van der Waals surface area contributed by atoms with Crippen molar-refractivity contribution in [1.82, 2.24) is 15.1 Å². The van der Waals surface area contributed by atoms with Gasteiger partial charge in [-0.15, -0.1) is 0 Å². The van der Waals surface area contributed by atoms with E-state index in [4.69, 9.17) is 4.74 Å². The summed E-state index contributed by atoms with van der Waals surface area (Å²) in [4.78, 5) is 12.1. The number of esters is 1. The molecule has 0 spiro atoms. The summed E-state index contributed by atoms with van der Waals surface area (Å²) in [5, 5.41) is 7.87. The van der Waals surface area contributed by atoms with Gasteiger partial charge in [0.25, 0.3) is 0 Å². The zero-order chi connectivity index (χ0) is 15.2. The second-order valence-corrected chi connectivity index (χ2v) is 5.24. The predicted octanol–water partition coefficient (Wildman–Crippen LogP) is 1.94. The topological polar surface area (TPSA) is 56.2 Å². The van der Waals surface area contributed by atoms with E-state index in [9.17, 15) is 4.79 Å². The number of hydrogen-bond donors (Lipinski definition) is 1. The van der Waals surface area contributed by atoms with Crippen LogP contribution in [-0.4, -0.2) is 34.9 Å². The Kier molecular flexibility index (Phi) is 6.20. The van der Waals surface area contributed by atoms with Crippen LogP contribution in [0.4, 0.5) is 0 Å². The summed E-state index contributed by atoms with van der Waals surface area (Å²) in [6.45, 7) is 9.40. The summed E-state index contributed by atoms with van der Waals surface area (Å²) in [5.74, 6) is -0.249. The Balaban J connectivity index is 2.99. The fourth-order valence-corrected chi connectivity index (χ4v) is 2.23. The number of hydrogen-bond acceptors (Lipinski definition) is 4. The molecule has 1 aromatic heterocycles. The lowest BCUT2D eigenvalue weighted by Gasteiger charge is -2.28. The van der Waals surface area contributed by atoms with Gasteiger partial charge in [0.1, 0.15) is 5.54 Å². The van der Waals surface area contributed by atoms with Crippen molar-refractivity contribution in [2.75, 3.05) is 13.7 Å². The van der Waals surface area contributed by atoms with Crippen LogP contribution in [0, 0.1) is 0 Å². The lowest BCUT2D eigenvalue weighted by molar-refractivity contribution is -0.148. The van der Waals surface area contributed by atoms with Gasteiger partial charge >= 0.3 is 5.97 Å². The maximum atomic E-state index is 12.1. The van der Waals surface area contributed by atoms with Crippen LogP contribution in [-0.2, 0) is 28.9 Å². The SMILES string of the molecule is CCCNC(C)(Cn1nc(CC)cc1CC)C(=O)OC. The zero-order valence-corrected chi connectivity index (χ0v) is 13.3. The third-order valence-electron chi connectivity index (χ3n) is 3.51. The van der Waals surface area contributed by atoms with Crippen molar-refractivity contribution in [2.45, 2.75) is 59.0 Å². The Morgan fingerprint density at radius 2 is 2.10 bits per heavy atom. The summed E-state index contributed by atoms with van der Waals surface area (Å²) in [7, 11) is 1.43. The van der Waals surface area contributed by atoms with Crippen molar-refractivity contribution in [3.63, 3.8) is 0 Å². The van der Waals surface area contributed by atoms with E-state index in [0.717, 1.165) is 37.2 Å². The monoisotopic (exact) mass is 281 g/mol. The molecule has 5 nitrogen and oxygen atoms in total. The van der Waals surface area contributed by atoms with Crippen molar-refractivity contribution < 1.29 is 9.53 Å². The van der Waals surface area contributed by atoms with E-state index in [2.05, 4.69) is 37.3 Å². The highest BCUT2D eigenvalue weighted by atomic mass is 16.5. The van der Waals surface area contributed by atoms with E-state index in [0.29, 0.717) is 6.54 Å². The van der Waals surface area contributed by atoms with Crippen LogP contribution in [0.5, 0.6) is 0 Å². The highest BCUT2D eigenvalue weighted by molar-refractivity contribution is 5.80. The molecular formula is C15H27N3O2. The summed E-state index contributed by atoms with van der Waals surface area (Å²) in [6.07, 6.45) is 2.77. The van der Waals surface area contributed by atoms with Crippen molar-refractivity contribution in [2.24, 2.45) is 0 Å². The maximum absolute atomic E-state index is 12.1. The highest BCUT2D eigenvalue weighted by Gasteiger charge is 2.35. The lowest BCUT2D eigenvalue weighted by atomic mass is 10.0. The number of methoxy groups -OCH3 is 1. The third-order valence-corrected chi connectivity index (χ3v) is 3.51. The van der Waals surface area contributed by atoms with Gasteiger partial charge in [0.15, 0.2) is 0 Å². The summed E-state index contributed by atoms with van der Waals surface area (Å²) >= 11 is 0. The Morgan fingerprint density at radius 3 is 2.60 bits per heavy atom. The molecule has 0 saturated heterocycles. The van der Waals surface area contributed by atoms with Crippen LogP contribution in [0.1, 0.15) is 45.5 Å². The molecule has 5 heteroatoms. The Bertz CT molecular complexity index is 442. The molecule has 0 aliphatic rings. The van der Waals surface area contributed by atoms with Crippen molar-refractivity contribution in [1.29, 1.82) is 0 Å². The number of carbonyl (C=O) groups is 1. The molecule has 1 unspecified atom stereocenters. The summed E-state index contributed by atoms with van der Waals surface area (Å²) in [5.41, 5.74) is 1.46. The molecule has 1 rings (SSSR count). The molecule has 0 amide bonds. The molecule has 1 atom stereocenters. The minimum Gasteiger partial charge on any atom is -0.468 e. The fraction of sp³-hybridized carbons (Fsp3) is 0.733. The molecule has 0 fully saturated rings. The van der Waals surface area contributed by atoms with Crippen LogP contribution in [0.3, 0.4) is 0 Å². The standard InChI is InChI=1S/C15H27N3O2/c1-6-9-16-15(4,14(19)20-5)11-18-13(8-3)10-12(7-2)17-18/h10,16H,6-9,11H2,1-5H3. The Hall–Kier alpha value is -1.36. The van der Waals surface area contributed by atoms with E-state index in [1.54, 1.807) is 0 Å². The largest absolute Gasteiger partial charge is 0.468 e. The molecule has 114 valence electrons. The van der Waals surface area contributed by atoms with E-state index in [-0.39, 0.29) is 5.97 Å². The lowest BCUT2D eigenvalue weighted by Crippen LogP contribution is -2.53. The normalized spacial score (nSPS) is 14.1. The molecule has 0 saturated carbocycles. The minimum atomic E-state index is -0.744. The average Bonchev–Trinajstić information content (AvgIpc) is 2.86. The Morgan fingerprint density at radius 1 is 1.40 bits per heavy atom. The Labute approximate surface area is 121 Å². The highest BCUT2D eigenvalue weighted by Crippen LogP contribution is 2.14. The quantitative estimate of drug-likeness (QED) is 0.740. The molecule has 20 heavy (non-hydrogen) atoms. The van der Waals surface area contributed by atoms with E-state index >= 15 is 0 Å². The van der Waals surface area contributed by atoms with Gasteiger partial charge in [-0.05, 0) is 38.8 Å². The molecule has 0 aliphatic carbocycles. The van der Waals surface area contributed by atoms with Crippen molar-refractivity contribution in [3.8, 4) is 0 Å². The van der Waals surface area contributed by atoms with Crippen LogP contribution < -0.4 is 5.32 Å². The molecule has 0 radical (unpaired) electrons. The van der Waals surface area contributed by atoms with Gasteiger partial charge < -0.3 is 10.1 Å². The minimum absolute atomic E-state index is 0.249. The van der Waals surface area contributed by atoms with Gasteiger partial charge in [0.05, 0.1) is 19.3 Å². The molecule has 0 bridgehead atoms. The second kappa shape index (κ2) is 7.43. The summed E-state index contributed by atoms with van der Waals surface area (Å²) in [6, 6.07) is 2.11. The number of carbonyl (C=O) groups excluding carboxylic acids is 1. The van der Waals surface area contributed by atoms with E-state index in [1.807, 2.05) is 11.6 Å². The van der Waals surface area contributed by atoms with Gasteiger partial charge in [-0.1, -0.05) is 20.8 Å². The van der Waals surface area contributed by atoms with Crippen LogP contribution in [0.15, 0.2) is 6.07 Å². The first-order valence-corrected chi connectivity index (χ1v) is 7.39. The first kappa shape index (κ1) is 16.7. The summed E-state index contributed by atoms with van der Waals surface area (Å²) < 4.78 is 6.88. The van der Waals surface area contributed by atoms with E-state index < -0.39 is 5.54 Å². The number of ether oxygens (including phenoxy) is 1. The number of rotatable bonds is 8. The predicted molar refractivity (Wildman–Crippen MR) is 79.7 cm³/mol. The van der Waals surface area contributed by atoms with Crippen LogP contribution in [0.25, 0.3) is 0 Å². The van der Waals surface area contributed by atoms with E-state index in [1.165, 1.54) is 7.11 Å². The average molecular weight is 281 g/mol. The molecule has 0 aromatic carbocycles. The first-order chi connectivity index (χ1) is 9.50. The third kappa shape index (κ3) is 3.82. The molecule has 1 aromatic rings. The second-order valence-electron chi connectivity index (χ2n) is 5.24. The maximum Gasteiger partial charge on any atom is 0.327 e. The number of nitrogens with zero attached hydrogens (tertiary/aromatic N) is 2. The van der Waals surface area contributed by atoms with Crippen LogP contribution >= 0.6 is 0 Å². The molecule has 1 N–H and O–H groups in total. The zero-order valence-electron chi connectivity index (χ0n) is 13.3. The number of aromatic nitrogens is 2. The fourth-order valence-electron chi connectivity index (χ4n) is 2.23. The van der Waals surface area contributed by atoms with Gasteiger partial charge in [0, 0.05) is 5.69 Å². The van der Waals surface area contributed by atoms with Crippen molar-refractivity contribution >= 4 is 5.97 Å². The van der Waals surface area contributed by atoms with Crippen molar-refractivity contribution in [3.05, 3.63) is 17.5 Å². The molecular weight excluding hydrogens is 254 g/mol. The first-order valence-electron chi connectivity index (χ1n) is 7.39. The molecule has 0 aliphatic heterocycles. The van der Waals surface area contributed by atoms with Crippen LogP contribution in [0.2, 0.25) is 0 Å². The molecule has 1 heterocycles. The van der Waals surface area contributed by atoms with Gasteiger partial charge in [-0.3, -0.25) is 4.68 Å².